The van der Waals surface area contributed by atoms with Gasteiger partial charge < -0.3 is 26.2 Å². The highest BCUT2D eigenvalue weighted by atomic mass is 32.2. The Morgan fingerprint density at radius 2 is 2.00 bits per heavy atom. The lowest BCUT2D eigenvalue weighted by Gasteiger charge is -2.18. The Bertz CT molecular complexity index is 894. The average Bonchev–Trinajstić information content (AvgIpc) is 3.20. The normalized spacial score (nSPS) is 19.0. The van der Waals surface area contributed by atoms with E-state index in [2.05, 4.69) is 16.0 Å². The van der Waals surface area contributed by atoms with Gasteiger partial charge in [-0.1, -0.05) is 30.3 Å². The Morgan fingerprint density at radius 3 is 2.65 bits per heavy atom. The predicted molar refractivity (Wildman–Crippen MR) is 125 cm³/mol. The SMILES string of the molecule is CSCCC(NC(=O)c1ccc(NC[C@@H]2C[C@@H](O)CN2)cc1-c1ccccc1)C(=O)O. The highest BCUT2D eigenvalue weighted by molar-refractivity contribution is 7.98. The number of carboxylic acid groups (broad SMARTS) is 1. The molecule has 5 N–H and O–H groups in total. The summed E-state index contributed by atoms with van der Waals surface area (Å²) in [6.45, 7) is 1.26. The van der Waals surface area contributed by atoms with Crippen molar-refractivity contribution in [1.29, 1.82) is 0 Å². The molecule has 1 aliphatic heterocycles. The van der Waals surface area contributed by atoms with Crippen LogP contribution in [0.1, 0.15) is 23.2 Å². The molecule has 1 fully saturated rings. The van der Waals surface area contributed by atoms with E-state index in [0.29, 0.717) is 37.2 Å². The van der Waals surface area contributed by atoms with Crippen LogP contribution >= 0.6 is 11.8 Å². The molecule has 31 heavy (non-hydrogen) atoms. The van der Waals surface area contributed by atoms with E-state index in [-0.39, 0.29) is 12.1 Å². The number of aliphatic carboxylic acids is 1. The molecule has 0 radical (unpaired) electrons. The van der Waals surface area contributed by atoms with Crippen molar-refractivity contribution in [2.45, 2.75) is 31.0 Å². The third-order valence-electron chi connectivity index (χ3n) is 5.31. The van der Waals surface area contributed by atoms with Crippen molar-refractivity contribution in [1.82, 2.24) is 10.6 Å². The summed E-state index contributed by atoms with van der Waals surface area (Å²) in [5.74, 6) is -0.789. The highest BCUT2D eigenvalue weighted by Gasteiger charge is 2.23. The summed E-state index contributed by atoms with van der Waals surface area (Å²) >= 11 is 1.54. The number of amides is 1. The molecular weight excluding hydrogens is 414 g/mol. The summed E-state index contributed by atoms with van der Waals surface area (Å²) in [5, 5.41) is 28.4. The molecule has 0 aliphatic carbocycles. The maximum absolute atomic E-state index is 13.0. The number of benzene rings is 2. The quantitative estimate of drug-likeness (QED) is 0.384. The highest BCUT2D eigenvalue weighted by Crippen LogP contribution is 2.27. The Morgan fingerprint density at radius 1 is 1.23 bits per heavy atom. The molecule has 3 atom stereocenters. The molecule has 166 valence electrons. The zero-order chi connectivity index (χ0) is 22.2. The molecule has 2 aromatic carbocycles. The topological polar surface area (TPSA) is 111 Å². The third-order valence-corrected chi connectivity index (χ3v) is 5.96. The fraction of sp³-hybridized carbons (Fsp3) is 0.391. The molecule has 8 heteroatoms. The summed E-state index contributed by atoms with van der Waals surface area (Å²) in [6.07, 6.45) is 2.65. The number of rotatable bonds is 10. The summed E-state index contributed by atoms with van der Waals surface area (Å²) in [7, 11) is 0. The minimum Gasteiger partial charge on any atom is -0.480 e. The van der Waals surface area contributed by atoms with Crippen LogP contribution in [0.15, 0.2) is 48.5 Å². The third kappa shape index (κ3) is 6.46. The second kappa shape index (κ2) is 11.2. The van der Waals surface area contributed by atoms with Crippen molar-refractivity contribution in [2.24, 2.45) is 0 Å². The van der Waals surface area contributed by atoms with E-state index in [1.807, 2.05) is 48.7 Å². The lowest BCUT2D eigenvalue weighted by atomic mass is 9.98. The molecule has 0 spiro atoms. The van der Waals surface area contributed by atoms with Crippen molar-refractivity contribution in [3.63, 3.8) is 0 Å². The van der Waals surface area contributed by atoms with Crippen molar-refractivity contribution >= 4 is 29.3 Å². The maximum Gasteiger partial charge on any atom is 0.326 e. The zero-order valence-corrected chi connectivity index (χ0v) is 18.3. The average molecular weight is 444 g/mol. The van der Waals surface area contributed by atoms with Gasteiger partial charge in [0.05, 0.1) is 6.10 Å². The smallest absolute Gasteiger partial charge is 0.326 e. The van der Waals surface area contributed by atoms with E-state index in [1.54, 1.807) is 17.8 Å². The summed E-state index contributed by atoms with van der Waals surface area (Å²) in [6, 6.07) is 14.3. The number of nitrogens with one attached hydrogen (secondary N) is 3. The van der Waals surface area contributed by atoms with Crippen LogP contribution in [-0.2, 0) is 4.79 Å². The molecule has 2 aromatic rings. The number of aliphatic hydroxyl groups excluding tert-OH is 1. The van der Waals surface area contributed by atoms with Crippen LogP contribution in [0.2, 0.25) is 0 Å². The van der Waals surface area contributed by atoms with Crippen molar-refractivity contribution in [2.75, 3.05) is 30.4 Å². The minimum atomic E-state index is -1.03. The van der Waals surface area contributed by atoms with Gasteiger partial charge in [0.2, 0.25) is 0 Å². The molecule has 1 saturated heterocycles. The van der Waals surface area contributed by atoms with Crippen LogP contribution in [-0.4, -0.2) is 65.4 Å². The van der Waals surface area contributed by atoms with E-state index in [9.17, 15) is 19.8 Å². The molecule has 0 saturated carbocycles. The minimum absolute atomic E-state index is 0.186. The fourth-order valence-corrected chi connectivity index (χ4v) is 4.10. The number of carbonyl (C=O) groups is 2. The van der Waals surface area contributed by atoms with Crippen LogP contribution in [0.4, 0.5) is 5.69 Å². The van der Waals surface area contributed by atoms with Crippen molar-refractivity contribution < 1.29 is 19.8 Å². The van der Waals surface area contributed by atoms with Crippen molar-refractivity contribution in [3.8, 4) is 11.1 Å². The van der Waals surface area contributed by atoms with Gasteiger partial charge in [-0.2, -0.15) is 11.8 Å². The lowest BCUT2D eigenvalue weighted by Crippen LogP contribution is -2.41. The second-order valence-electron chi connectivity index (χ2n) is 7.65. The van der Waals surface area contributed by atoms with Gasteiger partial charge in [-0.25, -0.2) is 4.79 Å². The van der Waals surface area contributed by atoms with Crippen molar-refractivity contribution in [3.05, 3.63) is 54.1 Å². The summed E-state index contributed by atoms with van der Waals surface area (Å²) in [5.41, 5.74) is 2.90. The van der Waals surface area contributed by atoms with Crippen LogP contribution in [0, 0.1) is 0 Å². The number of hydrogen-bond acceptors (Lipinski definition) is 6. The van der Waals surface area contributed by atoms with Gasteiger partial charge in [0.1, 0.15) is 6.04 Å². The molecule has 7 nitrogen and oxygen atoms in total. The Labute approximate surface area is 186 Å². The zero-order valence-electron chi connectivity index (χ0n) is 17.5. The number of carbonyl (C=O) groups excluding carboxylic acids is 1. The van der Waals surface area contributed by atoms with Crippen LogP contribution < -0.4 is 16.0 Å². The number of aliphatic hydroxyl groups is 1. The number of anilines is 1. The van der Waals surface area contributed by atoms with E-state index >= 15 is 0 Å². The van der Waals surface area contributed by atoms with Crippen LogP contribution in [0.25, 0.3) is 11.1 Å². The van der Waals surface area contributed by atoms with E-state index < -0.39 is 17.9 Å². The Hall–Kier alpha value is -2.55. The molecule has 0 bridgehead atoms. The Kier molecular flexibility index (Phi) is 8.34. The molecule has 1 aliphatic rings. The fourth-order valence-electron chi connectivity index (χ4n) is 3.63. The standard InChI is InChI=1S/C23H29N3O4S/c1-31-10-9-21(23(29)30)26-22(28)19-8-7-16(24-13-17-11-18(27)14-25-17)12-20(19)15-5-3-2-4-6-15/h2-8,12,17-18,21,24-25,27H,9-11,13-14H2,1H3,(H,26,28)(H,29,30)/t17-,18+,21?/m0/s1. The van der Waals surface area contributed by atoms with Crippen LogP contribution in [0.5, 0.6) is 0 Å². The largest absolute Gasteiger partial charge is 0.480 e. The van der Waals surface area contributed by atoms with Gasteiger partial charge in [-0.3, -0.25) is 4.79 Å². The van der Waals surface area contributed by atoms with E-state index in [0.717, 1.165) is 16.8 Å². The molecule has 1 heterocycles. The first-order valence-electron chi connectivity index (χ1n) is 10.4. The molecule has 0 aromatic heterocycles. The van der Waals surface area contributed by atoms with Gasteiger partial charge in [0.25, 0.3) is 5.91 Å². The number of thioether (sulfide) groups is 1. The molecule has 3 rings (SSSR count). The van der Waals surface area contributed by atoms with Gasteiger partial charge in [0, 0.05) is 30.4 Å². The summed E-state index contributed by atoms with van der Waals surface area (Å²) < 4.78 is 0. The van der Waals surface area contributed by atoms with Crippen LogP contribution in [0.3, 0.4) is 0 Å². The number of carboxylic acids is 1. The second-order valence-corrected chi connectivity index (χ2v) is 8.63. The van der Waals surface area contributed by atoms with E-state index in [1.165, 1.54) is 0 Å². The first-order valence-corrected chi connectivity index (χ1v) is 11.7. The lowest BCUT2D eigenvalue weighted by molar-refractivity contribution is -0.139. The van der Waals surface area contributed by atoms with Gasteiger partial charge >= 0.3 is 5.97 Å². The first kappa shape index (κ1) is 23.1. The maximum atomic E-state index is 13.0. The monoisotopic (exact) mass is 443 g/mol. The van der Waals surface area contributed by atoms with Gasteiger partial charge in [-0.15, -0.1) is 0 Å². The number of hydrogen-bond donors (Lipinski definition) is 5. The number of β-amino-alcohol motifs (C(OH)–C–C–N with tert-alkyl or cyclic N) is 1. The summed E-state index contributed by atoms with van der Waals surface area (Å²) in [4.78, 5) is 24.5. The van der Waals surface area contributed by atoms with E-state index in [4.69, 9.17) is 0 Å². The predicted octanol–water partition coefficient (Wildman–Crippen LogP) is 2.42. The Balaban J connectivity index is 1.81. The molecular formula is C23H29N3O4S. The van der Waals surface area contributed by atoms with Gasteiger partial charge in [0.15, 0.2) is 0 Å². The molecule has 1 amide bonds. The molecule has 1 unspecified atom stereocenters. The first-order chi connectivity index (χ1) is 15.0. The van der Waals surface area contributed by atoms with Gasteiger partial charge in [-0.05, 0) is 54.2 Å².